The average Bonchev–Trinajstić information content (AvgIpc) is 3.19. The third-order valence-corrected chi connectivity index (χ3v) is 4.84. The smallest absolute Gasteiger partial charge is 0.250 e. The summed E-state index contributed by atoms with van der Waals surface area (Å²) < 4.78 is 12.1. The van der Waals surface area contributed by atoms with Crippen LogP contribution in [-0.4, -0.2) is 18.0 Å². The number of anilines is 1. The highest BCUT2D eigenvalue weighted by Gasteiger charge is 2.11. The molecule has 0 saturated heterocycles. The quantitative estimate of drug-likeness (QED) is 0.512. The first-order valence-corrected chi connectivity index (χ1v) is 9.76. The van der Waals surface area contributed by atoms with Gasteiger partial charge in [-0.1, -0.05) is 30.3 Å². The van der Waals surface area contributed by atoms with E-state index in [-0.39, 0.29) is 5.91 Å². The summed E-state index contributed by atoms with van der Waals surface area (Å²) >= 11 is 4.89. The Morgan fingerprint density at radius 1 is 1.30 bits per heavy atom. The molecule has 1 amide bonds. The van der Waals surface area contributed by atoms with Crippen LogP contribution in [-0.2, 0) is 11.4 Å². The fourth-order valence-electron chi connectivity index (χ4n) is 2.31. The summed E-state index contributed by atoms with van der Waals surface area (Å²) in [6, 6.07) is 13.6. The number of halogens is 1. The number of rotatable bonds is 7. The number of carbonyl (C=O) groups excluding carboxylic acids is 1. The Morgan fingerprint density at radius 2 is 2.11 bits per heavy atom. The summed E-state index contributed by atoms with van der Waals surface area (Å²) in [5.74, 6) is 0.954. The highest BCUT2D eigenvalue weighted by atomic mass is 79.9. The third kappa shape index (κ3) is 5.42. The van der Waals surface area contributed by atoms with E-state index in [0.717, 1.165) is 15.6 Å². The monoisotopic (exact) mass is 444 g/mol. The van der Waals surface area contributed by atoms with Gasteiger partial charge in [0.2, 0.25) is 5.91 Å². The molecule has 0 aliphatic carbocycles. The molecule has 0 saturated carbocycles. The van der Waals surface area contributed by atoms with Crippen LogP contribution in [0.3, 0.4) is 0 Å². The van der Waals surface area contributed by atoms with E-state index < -0.39 is 0 Å². The van der Waals surface area contributed by atoms with Gasteiger partial charge in [0.05, 0.1) is 11.6 Å². The van der Waals surface area contributed by atoms with E-state index in [1.165, 1.54) is 17.4 Å². The van der Waals surface area contributed by atoms with Gasteiger partial charge in [0.1, 0.15) is 6.61 Å². The maximum Gasteiger partial charge on any atom is 0.250 e. The predicted molar refractivity (Wildman–Crippen MR) is 111 cm³/mol. The molecular formula is C20H17BrN2O3S. The molecule has 7 heteroatoms. The molecule has 3 aromatic rings. The van der Waals surface area contributed by atoms with Gasteiger partial charge in [0, 0.05) is 17.7 Å². The molecule has 0 spiro atoms. The van der Waals surface area contributed by atoms with Gasteiger partial charge in [-0.25, -0.2) is 4.98 Å². The van der Waals surface area contributed by atoms with Gasteiger partial charge in [-0.15, -0.1) is 11.3 Å². The van der Waals surface area contributed by atoms with Crippen LogP contribution in [0.1, 0.15) is 11.1 Å². The lowest BCUT2D eigenvalue weighted by atomic mass is 10.2. The fraction of sp³-hybridized carbons (Fsp3) is 0.100. The first-order valence-electron chi connectivity index (χ1n) is 8.08. The summed E-state index contributed by atoms with van der Waals surface area (Å²) in [5.41, 5.74) is 1.87. The number of benzene rings is 2. The molecule has 1 aromatic heterocycles. The highest BCUT2D eigenvalue weighted by Crippen LogP contribution is 2.37. The zero-order chi connectivity index (χ0) is 19.1. The number of amides is 1. The standard InChI is InChI=1S/C20H17BrN2O3S/c1-25-17-12-15(7-8-18(24)23-20-22-9-10-27-20)11-16(21)19(17)26-13-14-5-3-2-4-6-14/h2-12H,13H2,1H3,(H,22,23,24)/b8-7+. The molecule has 0 radical (unpaired) electrons. The second kappa shape index (κ2) is 9.34. The van der Waals surface area contributed by atoms with E-state index in [4.69, 9.17) is 9.47 Å². The number of ether oxygens (including phenoxy) is 2. The fourth-order valence-corrected chi connectivity index (χ4v) is 3.42. The van der Waals surface area contributed by atoms with Crippen LogP contribution in [0, 0.1) is 0 Å². The van der Waals surface area contributed by atoms with E-state index in [9.17, 15) is 4.79 Å². The number of nitrogens with one attached hydrogen (secondary N) is 1. The number of methoxy groups -OCH3 is 1. The maximum atomic E-state index is 12.0. The van der Waals surface area contributed by atoms with Gasteiger partial charge < -0.3 is 9.47 Å². The zero-order valence-corrected chi connectivity index (χ0v) is 16.9. The van der Waals surface area contributed by atoms with E-state index in [1.807, 2.05) is 42.5 Å². The van der Waals surface area contributed by atoms with Crippen molar-refractivity contribution in [3.05, 3.63) is 75.7 Å². The summed E-state index contributed by atoms with van der Waals surface area (Å²) in [6.07, 6.45) is 4.80. The molecular weight excluding hydrogens is 428 g/mol. The number of nitrogens with zero attached hydrogens (tertiary/aromatic N) is 1. The topological polar surface area (TPSA) is 60.5 Å². The molecule has 0 unspecified atom stereocenters. The van der Waals surface area contributed by atoms with Crippen molar-refractivity contribution in [3.63, 3.8) is 0 Å². The Labute approximate surface area is 169 Å². The minimum atomic E-state index is -0.246. The van der Waals surface area contributed by atoms with Crippen LogP contribution in [0.5, 0.6) is 11.5 Å². The van der Waals surface area contributed by atoms with E-state index in [2.05, 4.69) is 26.2 Å². The molecule has 138 valence electrons. The van der Waals surface area contributed by atoms with E-state index >= 15 is 0 Å². The van der Waals surface area contributed by atoms with E-state index in [0.29, 0.717) is 23.2 Å². The Bertz CT molecular complexity index is 928. The van der Waals surface area contributed by atoms with Crippen LogP contribution >= 0.6 is 27.3 Å². The van der Waals surface area contributed by atoms with Crippen LogP contribution in [0.4, 0.5) is 5.13 Å². The van der Waals surface area contributed by atoms with Crippen molar-refractivity contribution in [2.45, 2.75) is 6.61 Å². The van der Waals surface area contributed by atoms with Crippen LogP contribution in [0.15, 0.2) is 64.6 Å². The van der Waals surface area contributed by atoms with Crippen LogP contribution < -0.4 is 14.8 Å². The van der Waals surface area contributed by atoms with Gasteiger partial charge in [-0.2, -0.15) is 0 Å². The lowest BCUT2D eigenvalue weighted by Gasteiger charge is -2.13. The molecule has 0 aliphatic heterocycles. The lowest BCUT2D eigenvalue weighted by Crippen LogP contribution is -2.07. The minimum absolute atomic E-state index is 0.246. The van der Waals surface area contributed by atoms with Crippen molar-refractivity contribution in [2.24, 2.45) is 0 Å². The molecule has 0 atom stereocenters. The number of carbonyl (C=O) groups is 1. The summed E-state index contributed by atoms with van der Waals surface area (Å²) in [4.78, 5) is 16.0. The van der Waals surface area contributed by atoms with Gasteiger partial charge in [-0.05, 0) is 45.3 Å². The summed E-state index contributed by atoms with van der Waals surface area (Å²) in [7, 11) is 1.58. The predicted octanol–water partition coefficient (Wildman–Crippen LogP) is 5.15. The van der Waals surface area contributed by atoms with Gasteiger partial charge in [-0.3, -0.25) is 10.1 Å². The number of hydrogen-bond donors (Lipinski definition) is 1. The largest absolute Gasteiger partial charge is 0.493 e. The molecule has 1 heterocycles. The molecule has 2 aromatic carbocycles. The third-order valence-electron chi connectivity index (χ3n) is 3.57. The van der Waals surface area contributed by atoms with Crippen molar-refractivity contribution in [3.8, 4) is 11.5 Å². The molecule has 3 rings (SSSR count). The van der Waals surface area contributed by atoms with Gasteiger partial charge in [0.25, 0.3) is 0 Å². The Hall–Kier alpha value is -2.64. The second-order valence-electron chi connectivity index (χ2n) is 5.47. The van der Waals surface area contributed by atoms with Crippen LogP contribution in [0.25, 0.3) is 6.08 Å². The Balaban J connectivity index is 1.71. The van der Waals surface area contributed by atoms with Crippen molar-refractivity contribution < 1.29 is 14.3 Å². The number of hydrogen-bond acceptors (Lipinski definition) is 5. The molecule has 1 N–H and O–H groups in total. The Morgan fingerprint density at radius 3 is 2.81 bits per heavy atom. The normalized spacial score (nSPS) is 10.7. The van der Waals surface area contributed by atoms with Crippen molar-refractivity contribution in [2.75, 3.05) is 12.4 Å². The zero-order valence-electron chi connectivity index (χ0n) is 14.5. The molecule has 0 fully saturated rings. The number of aromatic nitrogens is 1. The summed E-state index contributed by atoms with van der Waals surface area (Å²) in [6.45, 7) is 0.432. The SMILES string of the molecule is COc1cc(/C=C/C(=O)Nc2nccs2)cc(Br)c1OCc1ccccc1. The first-order chi connectivity index (χ1) is 13.2. The molecule has 27 heavy (non-hydrogen) atoms. The summed E-state index contributed by atoms with van der Waals surface area (Å²) in [5, 5.41) is 5.06. The lowest BCUT2D eigenvalue weighted by molar-refractivity contribution is -0.111. The van der Waals surface area contributed by atoms with Crippen LogP contribution in [0.2, 0.25) is 0 Å². The molecule has 5 nitrogen and oxygen atoms in total. The molecule has 0 aliphatic rings. The Kier molecular flexibility index (Phi) is 6.62. The maximum absolute atomic E-state index is 12.0. The first kappa shape index (κ1) is 19.1. The minimum Gasteiger partial charge on any atom is -0.493 e. The van der Waals surface area contributed by atoms with Crippen molar-refractivity contribution >= 4 is 44.4 Å². The molecule has 0 bridgehead atoms. The second-order valence-corrected chi connectivity index (χ2v) is 7.22. The van der Waals surface area contributed by atoms with E-state index in [1.54, 1.807) is 24.8 Å². The van der Waals surface area contributed by atoms with Gasteiger partial charge >= 0.3 is 0 Å². The van der Waals surface area contributed by atoms with Crippen molar-refractivity contribution in [1.82, 2.24) is 4.98 Å². The van der Waals surface area contributed by atoms with Crippen molar-refractivity contribution in [1.29, 1.82) is 0 Å². The number of thiazole rings is 1. The van der Waals surface area contributed by atoms with Gasteiger partial charge in [0.15, 0.2) is 16.6 Å². The average molecular weight is 445 g/mol. The highest BCUT2D eigenvalue weighted by molar-refractivity contribution is 9.10.